The van der Waals surface area contributed by atoms with Crippen molar-refractivity contribution in [3.8, 4) is 0 Å². The van der Waals surface area contributed by atoms with Gasteiger partial charge in [0.1, 0.15) is 12.2 Å². The Labute approximate surface area is 210 Å². The number of carboxylic acid groups (broad SMARTS) is 1. The van der Waals surface area contributed by atoms with Crippen molar-refractivity contribution in [3.05, 3.63) is 59.2 Å². The van der Waals surface area contributed by atoms with Crippen LogP contribution in [0.25, 0.3) is 0 Å². The summed E-state index contributed by atoms with van der Waals surface area (Å²) in [5.41, 5.74) is 0.905. The second kappa shape index (κ2) is 12.3. The number of aromatic nitrogens is 1. The highest BCUT2D eigenvalue weighted by molar-refractivity contribution is 8.22. The lowest BCUT2D eigenvalue weighted by Crippen LogP contribution is -2.43. The third kappa shape index (κ3) is 7.23. The fourth-order valence-electron chi connectivity index (χ4n) is 3.94. The van der Waals surface area contributed by atoms with Gasteiger partial charge >= 0.3 is 11.9 Å². The second-order valence-electron chi connectivity index (χ2n) is 8.32. The van der Waals surface area contributed by atoms with Crippen molar-refractivity contribution >= 4 is 34.3 Å². The number of hydrogen-bond donors (Lipinski definition) is 3. The minimum absolute atomic E-state index is 0.0232. The number of carbonyl (C=O) groups excluding carboxylic acids is 2. The fraction of sp³-hybridized carbons (Fsp3) is 0.417. The van der Waals surface area contributed by atoms with Gasteiger partial charge < -0.3 is 14.7 Å². The number of hydrogen-bond acceptors (Lipinski definition) is 8. The molecule has 1 aliphatic heterocycles. The monoisotopic (exact) mass is 523 g/mol. The average Bonchev–Trinajstić information content (AvgIpc) is 2.81. The number of halogens is 1. The second-order valence-corrected chi connectivity index (χ2v) is 10.5. The lowest BCUT2D eigenvalue weighted by atomic mass is 10.0. The Morgan fingerprint density at radius 3 is 2.53 bits per heavy atom. The Hall–Kier alpha value is -3.06. The first-order valence-corrected chi connectivity index (χ1v) is 13.2. The van der Waals surface area contributed by atoms with E-state index in [2.05, 4.69) is 4.98 Å². The van der Waals surface area contributed by atoms with E-state index in [1.165, 1.54) is 28.7 Å². The van der Waals surface area contributed by atoms with Crippen LogP contribution >= 0.6 is 10.8 Å². The van der Waals surface area contributed by atoms with Crippen LogP contribution in [0.3, 0.4) is 0 Å². The molecule has 1 fully saturated rings. The molecule has 0 atom stereocenters. The summed E-state index contributed by atoms with van der Waals surface area (Å²) < 4.78 is 40.4. The van der Waals surface area contributed by atoms with Crippen molar-refractivity contribution in [1.29, 1.82) is 0 Å². The van der Waals surface area contributed by atoms with E-state index in [4.69, 9.17) is 4.74 Å². The number of esters is 1. The topological polar surface area (TPSA) is 140 Å². The maximum absolute atomic E-state index is 13.3. The number of rotatable bonds is 10. The van der Waals surface area contributed by atoms with Gasteiger partial charge in [0.25, 0.3) is 0 Å². The quantitative estimate of drug-likeness (QED) is 0.315. The Bertz CT molecular complexity index is 1100. The number of ether oxygens (including phenoxy) is 1. The molecule has 196 valence electrons. The molecular formula is C24H30FN3O7S. The van der Waals surface area contributed by atoms with Gasteiger partial charge in [-0.05, 0) is 55.5 Å². The van der Waals surface area contributed by atoms with E-state index >= 15 is 0 Å². The molecular weight excluding hydrogens is 493 g/mol. The zero-order chi connectivity index (χ0) is 26.3. The summed E-state index contributed by atoms with van der Waals surface area (Å²) in [5, 5.41) is 9.75. The van der Waals surface area contributed by atoms with E-state index < -0.39 is 40.9 Å². The zero-order valence-corrected chi connectivity index (χ0v) is 20.7. The van der Waals surface area contributed by atoms with E-state index in [9.17, 15) is 33.0 Å². The molecule has 0 spiro atoms. The Balaban J connectivity index is 1.94. The molecule has 3 rings (SSSR count). The SMILES string of the molecule is CCOC(=O)CC(=O)N(CCN1CCCCS1(O)O)c1cc(Cc2ccc(F)cc2)cnc1C(=O)O. The average molecular weight is 524 g/mol. The predicted octanol–water partition coefficient (Wildman–Crippen LogP) is 3.56. The van der Waals surface area contributed by atoms with Crippen LogP contribution in [0.4, 0.5) is 10.1 Å². The van der Waals surface area contributed by atoms with Gasteiger partial charge in [-0.25, -0.2) is 18.5 Å². The zero-order valence-electron chi connectivity index (χ0n) is 19.9. The van der Waals surface area contributed by atoms with E-state index in [0.29, 0.717) is 24.9 Å². The van der Waals surface area contributed by atoms with Gasteiger partial charge in [-0.2, -0.15) is 0 Å². The van der Waals surface area contributed by atoms with Gasteiger partial charge in [0.2, 0.25) is 5.91 Å². The predicted molar refractivity (Wildman–Crippen MR) is 133 cm³/mol. The summed E-state index contributed by atoms with van der Waals surface area (Å²) >= 11 is 0. The van der Waals surface area contributed by atoms with Crippen molar-refractivity contribution in [1.82, 2.24) is 9.29 Å². The summed E-state index contributed by atoms with van der Waals surface area (Å²) in [6.45, 7) is 2.05. The summed E-state index contributed by atoms with van der Waals surface area (Å²) in [6, 6.07) is 7.29. The minimum atomic E-state index is -3.00. The van der Waals surface area contributed by atoms with Crippen LogP contribution in [-0.2, 0) is 20.7 Å². The number of benzene rings is 1. The molecule has 3 N–H and O–H groups in total. The van der Waals surface area contributed by atoms with Crippen LogP contribution in [0, 0.1) is 5.82 Å². The molecule has 10 nitrogen and oxygen atoms in total. The number of amides is 1. The first kappa shape index (κ1) is 27.5. The number of pyridine rings is 1. The van der Waals surface area contributed by atoms with Crippen molar-refractivity contribution < 1.29 is 37.7 Å². The molecule has 0 aliphatic carbocycles. The van der Waals surface area contributed by atoms with E-state index in [1.807, 2.05) is 0 Å². The Morgan fingerprint density at radius 1 is 1.17 bits per heavy atom. The van der Waals surface area contributed by atoms with E-state index in [0.717, 1.165) is 16.9 Å². The first-order chi connectivity index (χ1) is 17.1. The molecule has 0 radical (unpaired) electrons. The number of aromatic carboxylic acids is 1. The maximum atomic E-state index is 13.3. The molecule has 12 heteroatoms. The highest BCUT2D eigenvalue weighted by Gasteiger charge is 2.30. The van der Waals surface area contributed by atoms with Crippen LogP contribution in [-0.4, -0.2) is 73.3 Å². The molecule has 0 bridgehead atoms. The van der Waals surface area contributed by atoms with Crippen molar-refractivity contribution in [3.63, 3.8) is 0 Å². The molecule has 2 aromatic rings. The highest BCUT2D eigenvalue weighted by atomic mass is 32.3. The van der Waals surface area contributed by atoms with Crippen LogP contribution < -0.4 is 4.90 Å². The maximum Gasteiger partial charge on any atom is 0.356 e. The highest BCUT2D eigenvalue weighted by Crippen LogP contribution is 2.46. The van der Waals surface area contributed by atoms with Gasteiger partial charge in [0.15, 0.2) is 5.69 Å². The van der Waals surface area contributed by atoms with E-state index in [-0.39, 0.29) is 36.8 Å². The van der Waals surface area contributed by atoms with Crippen LogP contribution in [0.1, 0.15) is 47.8 Å². The van der Waals surface area contributed by atoms with Crippen molar-refractivity contribution in [2.45, 2.75) is 32.6 Å². The largest absolute Gasteiger partial charge is 0.476 e. The molecule has 1 aromatic heterocycles. The lowest BCUT2D eigenvalue weighted by Gasteiger charge is -2.46. The molecule has 2 heterocycles. The Morgan fingerprint density at radius 2 is 1.89 bits per heavy atom. The summed E-state index contributed by atoms with van der Waals surface area (Å²) in [5.74, 6) is -3.00. The van der Waals surface area contributed by atoms with Gasteiger partial charge in [-0.1, -0.05) is 12.1 Å². The third-order valence-electron chi connectivity index (χ3n) is 5.70. The van der Waals surface area contributed by atoms with Crippen molar-refractivity contribution in [2.75, 3.05) is 36.9 Å². The summed E-state index contributed by atoms with van der Waals surface area (Å²) in [4.78, 5) is 42.3. The molecule has 1 aliphatic rings. The van der Waals surface area contributed by atoms with Gasteiger partial charge in [0.05, 0.1) is 18.0 Å². The van der Waals surface area contributed by atoms with Crippen LogP contribution in [0.15, 0.2) is 36.5 Å². The molecule has 36 heavy (non-hydrogen) atoms. The fourth-order valence-corrected chi connectivity index (χ4v) is 5.58. The van der Waals surface area contributed by atoms with Gasteiger partial charge in [-0.3, -0.25) is 18.7 Å². The first-order valence-electron chi connectivity index (χ1n) is 11.5. The summed E-state index contributed by atoms with van der Waals surface area (Å²) in [7, 11) is -3.00. The number of nitrogens with zero attached hydrogens (tertiary/aromatic N) is 3. The van der Waals surface area contributed by atoms with Gasteiger partial charge in [0, 0.05) is 25.8 Å². The molecule has 1 saturated heterocycles. The van der Waals surface area contributed by atoms with E-state index in [1.54, 1.807) is 19.1 Å². The lowest BCUT2D eigenvalue weighted by molar-refractivity contribution is -0.145. The standard InChI is InChI=1S/C24H30FN3O7S/c1-2-35-22(30)15-21(29)28(11-10-27-9-3-4-12-36(27,33)34)20-14-18(16-26-23(20)24(31)32)13-17-5-7-19(25)8-6-17/h5-8,14,16,33-34H,2-4,9-13,15H2,1H3,(H,31,32). The van der Waals surface area contributed by atoms with Crippen molar-refractivity contribution in [2.24, 2.45) is 0 Å². The molecule has 0 unspecified atom stereocenters. The molecule has 1 aromatic carbocycles. The number of anilines is 1. The Kier molecular flexibility index (Phi) is 9.37. The van der Waals surface area contributed by atoms with Gasteiger partial charge in [-0.15, -0.1) is 10.8 Å². The van der Waals surface area contributed by atoms with Crippen LogP contribution in [0.5, 0.6) is 0 Å². The number of carboxylic acids is 1. The third-order valence-corrected chi connectivity index (χ3v) is 7.73. The normalized spacial score (nSPS) is 16.2. The molecule has 1 amide bonds. The number of carbonyl (C=O) groups is 3. The smallest absolute Gasteiger partial charge is 0.356 e. The minimum Gasteiger partial charge on any atom is -0.476 e. The van der Waals surface area contributed by atoms with Crippen LogP contribution in [0.2, 0.25) is 0 Å². The molecule has 0 saturated carbocycles. The summed E-state index contributed by atoms with van der Waals surface area (Å²) in [6.07, 6.45) is 2.47.